The molecule has 9 nitrogen and oxygen atoms in total. The zero-order chi connectivity index (χ0) is 24.5. The summed E-state index contributed by atoms with van der Waals surface area (Å²) in [6.45, 7) is 6.00. The molecule has 9 heteroatoms. The monoisotopic (exact) mass is 470 g/mol. The van der Waals surface area contributed by atoms with Crippen molar-refractivity contribution in [3.05, 3.63) is 93.0 Å². The minimum absolute atomic E-state index is 0.00286. The van der Waals surface area contributed by atoms with Crippen molar-refractivity contribution in [2.24, 2.45) is 5.10 Å². The fourth-order valence-electron chi connectivity index (χ4n) is 4.38. The topological polar surface area (TPSA) is 106 Å². The van der Waals surface area contributed by atoms with E-state index in [0.29, 0.717) is 17.2 Å². The van der Waals surface area contributed by atoms with Gasteiger partial charge in [0.15, 0.2) is 11.5 Å². The van der Waals surface area contributed by atoms with Crippen molar-refractivity contribution in [1.82, 2.24) is 0 Å². The lowest BCUT2D eigenvalue weighted by atomic mass is 9.89. The van der Waals surface area contributed by atoms with E-state index in [1.807, 2.05) is 37.3 Å². The van der Waals surface area contributed by atoms with Gasteiger partial charge in [-0.3, -0.25) is 14.9 Å². The lowest BCUT2D eigenvalue weighted by Crippen LogP contribution is -2.20. The number of allylic oxidation sites excluding steroid dienone is 1. The molecule has 0 saturated heterocycles. The third-order valence-corrected chi connectivity index (χ3v) is 6.10. The second-order valence-electron chi connectivity index (χ2n) is 8.22. The minimum atomic E-state index is -0.565. The number of hydrazone groups is 1. The van der Waals surface area contributed by atoms with Crippen molar-refractivity contribution >= 4 is 35.4 Å². The summed E-state index contributed by atoms with van der Waals surface area (Å²) in [4.78, 5) is 23.7. The maximum Gasteiger partial charge on any atom is 0.282 e. The molecule has 0 unspecified atom stereocenters. The lowest BCUT2D eigenvalue weighted by molar-refractivity contribution is -0.385. The van der Waals surface area contributed by atoms with Crippen molar-refractivity contribution < 1.29 is 19.2 Å². The highest BCUT2D eigenvalue weighted by Crippen LogP contribution is 2.41. The molecule has 0 spiro atoms. The van der Waals surface area contributed by atoms with E-state index in [1.165, 1.54) is 18.2 Å². The predicted molar refractivity (Wildman–Crippen MR) is 133 cm³/mol. The van der Waals surface area contributed by atoms with Gasteiger partial charge >= 0.3 is 0 Å². The molecule has 3 aromatic rings. The number of nitro groups is 1. The molecule has 0 aromatic heterocycles. The lowest BCUT2D eigenvalue weighted by Gasteiger charge is -2.29. The Balaban J connectivity index is 1.50. The molecule has 0 saturated carbocycles. The van der Waals surface area contributed by atoms with Gasteiger partial charge in [-0.2, -0.15) is 5.10 Å². The average Bonchev–Trinajstić information content (AvgIpc) is 3.34. The molecule has 1 aliphatic carbocycles. The van der Waals surface area contributed by atoms with Crippen molar-refractivity contribution in [2.75, 3.05) is 17.1 Å². The van der Waals surface area contributed by atoms with Gasteiger partial charge in [0.2, 0.25) is 6.79 Å². The van der Waals surface area contributed by atoms with E-state index in [-0.39, 0.29) is 18.0 Å². The third kappa shape index (κ3) is 4.08. The molecule has 0 atom stereocenters. The predicted octanol–water partition coefficient (Wildman–Crippen LogP) is 5.38. The number of rotatable bonds is 6. The third-order valence-electron chi connectivity index (χ3n) is 6.10. The molecule has 1 N–H and O–H groups in total. The second-order valence-corrected chi connectivity index (χ2v) is 8.22. The van der Waals surface area contributed by atoms with E-state index < -0.39 is 10.8 Å². The maximum absolute atomic E-state index is 12.9. The number of benzene rings is 3. The molecule has 5 rings (SSSR count). The summed E-state index contributed by atoms with van der Waals surface area (Å²) in [6, 6.07) is 17.1. The van der Waals surface area contributed by atoms with Crippen LogP contribution in [0.2, 0.25) is 0 Å². The number of para-hydroxylation sites is 1. The van der Waals surface area contributed by atoms with E-state index >= 15 is 0 Å². The van der Waals surface area contributed by atoms with Gasteiger partial charge in [0.05, 0.1) is 16.3 Å². The highest BCUT2D eigenvalue weighted by molar-refractivity contribution is 6.07. The Morgan fingerprint density at radius 1 is 1.09 bits per heavy atom. The molecular formula is C26H22N4O5. The van der Waals surface area contributed by atoms with Crippen LogP contribution in [0.15, 0.2) is 71.3 Å². The van der Waals surface area contributed by atoms with Gasteiger partial charge in [-0.15, -0.1) is 0 Å². The first kappa shape index (κ1) is 22.1. The Hall–Kier alpha value is -4.66. The van der Waals surface area contributed by atoms with Crippen LogP contribution in [0.5, 0.6) is 11.5 Å². The van der Waals surface area contributed by atoms with E-state index in [2.05, 4.69) is 17.1 Å². The van der Waals surface area contributed by atoms with E-state index in [9.17, 15) is 14.9 Å². The number of aryl methyl sites for hydroxylation is 1. The van der Waals surface area contributed by atoms with Crippen LogP contribution in [0, 0.1) is 10.1 Å². The zero-order valence-corrected chi connectivity index (χ0v) is 19.0. The van der Waals surface area contributed by atoms with Crippen LogP contribution in [0.1, 0.15) is 34.8 Å². The first-order valence-corrected chi connectivity index (χ1v) is 11.0. The van der Waals surface area contributed by atoms with Crippen molar-refractivity contribution in [3.8, 4) is 11.5 Å². The van der Waals surface area contributed by atoms with Gasteiger partial charge in [0.25, 0.3) is 11.6 Å². The molecule has 1 heterocycles. The summed E-state index contributed by atoms with van der Waals surface area (Å²) in [5.74, 6) is 0.758. The van der Waals surface area contributed by atoms with Gasteiger partial charge in [-0.25, -0.2) is 5.01 Å². The van der Waals surface area contributed by atoms with Crippen LogP contribution in [-0.2, 0) is 6.42 Å². The first-order valence-electron chi connectivity index (χ1n) is 11.0. The number of amides is 1. The van der Waals surface area contributed by atoms with Crippen molar-refractivity contribution in [3.63, 3.8) is 0 Å². The Morgan fingerprint density at radius 3 is 2.69 bits per heavy atom. The average molecular weight is 470 g/mol. The van der Waals surface area contributed by atoms with Crippen LogP contribution >= 0.6 is 0 Å². The highest BCUT2D eigenvalue weighted by atomic mass is 16.7. The fraction of sp³-hybridized carbons (Fsp3) is 0.154. The number of hydrogen-bond acceptors (Lipinski definition) is 7. The van der Waals surface area contributed by atoms with Crippen LogP contribution in [-0.4, -0.2) is 24.3 Å². The minimum Gasteiger partial charge on any atom is -0.454 e. The van der Waals surface area contributed by atoms with Crippen molar-refractivity contribution in [1.29, 1.82) is 0 Å². The Bertz CT molecular complexity index is 1400. The smallest absolute Gasteiger partial charge is 0.282 e. The molecule has 0 fully saturated rings. The summed E-state index contributed by atoms with van der Waals surface area (Å²) in [6.07, 6.45) is 1.69. The van der Waals surface area contributed by atoms with Gasteiger partial charge in [-0.1, -0.05) is 18.2 Å². The molecule has 176 valence electrons. The summed E-state index contributed by atoms with van der Waals surface area (Å²) in [5, 5.41) is 20.2. The largest absolute Gasteiger partial charge is 0.454 e. The van der Waals surface area contributed by atoms with Crippen LogP contribution in [0.4, 0.5) is 17.1 Å². The normalized spacial score (nSPS) is 13.7. The molecular weight excluding hydrogens is 448 g/mol. The van der Waals surface area contributed by atoms with Crippen LogP contribution in [0.25, 0.3) is 5.70 Å². The number of nitro benzene ring substituents is 1. The number of anilines is 2. The molecule has 0 bridgehead atoms. The SMILES string of the molecule is C=NN(C1=C(C)CCc2ccc(NC(=O)c3ccccc3[N+](=O)[O-])cc21)c1ccc2c(c1)OCO2. The Kier molecular flexibility index (Phi) is 5.66. The summed E-state index contributed by atoms with van der Waals surface area (Å²) >= 11 is 0. The first-order chi connectivity index (χ1) is 17.0. The summed E-state index contributed by atoms with van der Waals surface area (Å²) < 4.78 is 10.9. The summed E-state index contributed by atoms with van der Waals surface area (Å²) in [7, 11) is 0. The number of carbonyl (C=O) groups excluding carboxylic acids is 1. The van der Waals surface area contributed by atoms with Crippen molar-refractivity contribution in [2.45, 2.75) is 19.8 Å². The zero-order valence-electron chi connectivity index (χ0n) is 19.0. The van der Waals surface area contributed by atoms with E-state index in [1.54, 1.807) is 17.1 Å². The molecule has 35 heavy (non-hydrogen) atoms. The van der Waals surface area contributed by atoms with Gasteiger partial charge in [0, 0.05) is 30.1 Å². The second kappa shape index (κ2) is 8.94. The van der Waals surface area contributed by atoms with Gasteiger partial charge in [-0.05, 0) is 61.2 Å². The highest BCUT2D eigenvalue weighted by Gasteiger charge is 2.26. The number of nitrogens with one attached hydrogen (secondary N) is 1. The number of nitrogens with zero attached hydrogens (tertiary/aromatic N) is 3. The van der Waals surface area contributed by atoms with E-state index in [0.717, 1.165) is 40.9 Å². The number of carbonyl (C=O) groups is 1. The van der Waals surface area contributed by atoms with Crippen LogP contribution < -0.4 is 19.8 Å². The molecule has 1 amide bonds. The maximum atomic E-state index is 12.9. The Morgan fingerprint density at radius 2 is 1.89 bits per heavy atom. The standard InChI is InChI=1S/C26H22N4O5/c1-16-7-8-17-9-10-18(28-26(31)20-5-3-4-6-22(20)30(32)33)13-21(17)25(16)29(27-2)19-11-12-23-24(14-19)35-15-34-23/h3-6,9-14H,2,7-8,15H2,1H3,(H,28,31). The fourth-order valence-corrected chi connectivity index (χ4v) is 4.38. The molecule has 1 aliphatic heterocycles. The number of hydrogen-bond donors (Lipinski definition) is 1. The van der Waals surface area contributed by atoms with Crippen LogP contribution in [0.3, 0.4) is 0 Å². The number of fused-ring (bicyclic) bond motifs is 2. The molecule has 3 aromatic carbocycles. The van der Waals surface area contributed by atoms with Gasteiger partial charge in [0.1, 0.15) is 5.56 Å². The molecule has 2 aliphatic rings. The van der Waals surface area contributed by atoms with Gasteiger partial charge < -0.3 is 14.8 Å². The van der Waals surface area contributed by atoms with E-state index in [4.69, 9.17) is 9.47 Å². The summed E-state index contributed by atoms with van der Waals surface area (Å²) in [5.41, 5.74) is 5.02. The molecule has 0 radical (unpaired) electrons. The Labute approximate surface area is 201 Å². The number of ether oxygens (including phenoxy) is 2. The quantitative estimate of drug-likeness (QED) is 0.295.